The number of rotatable bonds is 8. The van der Waals surface area contributed by atoms with E-state index in [1.165, 1.54) is 16.6 Å². The third-order valence-corrected chi connectivity index (χ3v) is 5.69. The number of piperidine rings is 1. The van der Waals surface area contributed by atoms with Crippen LogP contribution in [0.4, 0.5) is 0 Å². The Hall–Kier alpha value is -1.86. The van der Waals surface area contributed by atoms with E-state index in [1.54, 1.807) is 6.08 Å². The van der Waals surface area contributed by atoms with E-state index in [0.717, 1.165) is 30.6 Å². The number of amides is 1. The zero-order valence-electron chi connectivity index (χ0n) is 15.5. The highest BCUT2D eigenvalue weighted by Gasteiger charge is 2.24. The van der Waals surface area contributed by atoms with Crippen molar-refractivity contribution in [3.8, 4) is 5.75 Å². The summed E-state index contributed by atoms with van der Waals surface area (Å²) in [6, 6.07) is 7.61. The average Bonchev–Trinajstić information content (AvgIpc) is 2.63. The Bertz CT molecular complexity index is 706. The Morgan fingerprint density at radius 2 is 1.92 bits per heavy atom. The van der Waals surface area contributed by atoms with Gasteiger partial charge in [0.05, 0.1) is 12.9 Å². The van der Waals surface area contributed by atoms with Crippen LogP contribution in [0.25, 0.3) is 6.08 Å². The zero-order chi connectivity index (χ0) is 19.0. The van der Waals surface area contributed by atoms with Crippen LogP contribution in [0.2, 0.25) is 0 Å². The van der Waals surface area contributed by atoms with Gasteiger partial charge in [0.2, 0.25) is 15.9 Å². The predicted molar refractivity (Wildman–Crippen MR) is 103 cm³/mol. The maximum atomic E-state index is 12.0. The maximum absolute atomic E-state index is 12.0. The van der Waals surface area contributed by atoms with Crippen LogP contribution in [-0.4, -0.2) is 51.1 Å². The van der Waals surface area contributed by atoms with Gasteiger partial charge in [-0.05, 0) is 49.0 Å². The molecule has 0 atom stereocenters. The van der Waals surface area contributed by atoms with Gasteiger partial charge in [-0.1, -0.05) is 19.1 Å². The van der Waals surface area contributed by atoms with Crippen LogP contribution < -0.4 is 10.1 Å². The first kappa shape index (κ1) is 20.5. The van der Waals surface area contributed by atoms with E-state index < -0.39 is 10.0 Å². The van der Waals surface area contributed by atoms with Crippen LogP contribution in [0.15, 0.2) is 30.3 Å². The molecule has 7 heteroatoms. The standard InChI is InChI=1S/C19H28N2O4S/c1-3-14-25-18-7-4-16(5-8-18)6-9-19(22)20-15-17-10-12-21(13-11-17)26(2,23)24/h4-9,17H,3,10-15H2,1-2H3,(H,20,22)/b9-6+. The fourth-order valence-corrected chi connectivity index (χ4v) is 3.69. The van der Waals surface area contributed by atoms with Crippen LogP contribution in [0, 0.1) is 5.92 Å². The zero-order valence-corrected chi connectivity index (χ0v) is 16.3. The van der Waals surface area contributed by atoms with Crippen molar-refractivity contribution in [1.29, 1.82) is 0 Å². The van der Waals surface area contributed by atoms with Crippen molar-refractivity contribution in [2.24, 2.45) is 5.92 Å². The number of nitrogens with one attached hydrogen (secondary N) is 1. The van der Waals surface area contributed by atoms with Gasteiger partial charge in [-0.3, -0.25) is 4.79 Å². The van der Waals surface area contributed by atoms with Crippen molar-refractivity contribution >= 4 is 22.0 Å². The Morgan fingerprint density at radius 3 is 2.50 bits per heavy atom. The molecule has 0 aliphatic carbocycles. The van der Waals surface area contributed by atoms with E-state index >= 15 is 0 Å². The molecule has 1 heterocycles. The summed E-state index contributed by atoms with van der Waals surface area (Å²) >= 11 is 0. The minimum absolute atomic E-state index is 0.137. The van der Waals surface area contributed by atoms with Crippen molar-refractivity contribution in [3.05, 3.63) is 35.9 Å². The van der Waals surface area contributed by atoms with Crippen molar-refractivity contribution in [2.75, 3.05) is 32.5 Å². The van der Waals surface area contributed by atoms with E-state index in [1.807, 2.05) is 24.3 Å². The molecule has 1 fully saturated rings. The summed E-state index contributed by atoms with van der Waals surface area (Å²) in [5.41, 5.74) is 0.936. The van der Waals surface area contributed by atoms with Crippen molar-refractivity contribution in [1.82, 2.24) is 9.62 Å². The van der Waals surface area contributed by atoms with Crippen molar-refractivity contribution < 1.29 is 17.9 Å². The molecule has 1 amide bonds. The average molecular weight is 381 g/mol. The van der Waals surface area contributed by atoms with Crippen LogP contribution in [0.1, 0.15) is 31.7 Å². The highest BCUT2D eigenvalue weighted by atomic mass is 32.2. The van der Waals surface area contributed by atoms with Crippen molar-refractivity contribution in [3.63, 3.8) is 0 Å². The molecule has 6 nitrogen and oxygen atoms in total. The normalized spacial score (nSPS) is 16.7. The molecule has 0 unspecified atom stereocenters. The number of ether oxygens (including phenoxy) is 1. The summed E-state index contributed by atoms with van der Waals surface area (Å²) in [4.78, 5) is 12.0. The number of benzene rings is 1. The summed E-state index contributed by atoms with van der Waals surface area (Å²) in [7, 11) is -3.10. The van der Waals surface area contributed by atoms with Gasteiger partial charge in [-0.25, -0.2) is 12.7 Å². The second-order valence-corrected chi connectivity index (χ2v) is 8.58. The van der Waals surface area contributed by atoms with E-state index in [0.29, 0.717) is 32.2 Å². The molecule has 26 heavy (non-hydrogen) atoms. The topological polar surface area (TPSA) is 75.7 Å². The first-order chi connectivity index (χ1) is 12.4. The Kier molecular flexibility index (Phi) is 7.66. The molecule has 0 saturated carbocycles. The smallest absolute Gasteiger partial charge is 0.244 e. The molecule has 0 radical (unpaired) electrons. The molecule has 1 aromatic carbocycles. The van der Waals surface area contributed by atoms with Gasteiger partial charge < -0.3 is 10.1 Å². The third kappa shape index (κ3) is 6.80. The number of carbonyl (C=O) groups excluding carboxylic acids is 1. The van der Waals surface area contributed by atoms with Gasteiger partial charge in [0.15, 0.2) is 0 Å². The summed E-state index contributed by atoms with van der Waals surface area (Å²) < 4.78 is 30.0. The molecule has 1 N–H and O–H groups in total. The number of nitrogens with zero attached hydrogens (tertiary/aromatic N) is 1. The van der Waals surface area contributed by atoms with Gasteiger partial charge in [0.25, 0.3) is 0 Å². The van der Waals surface area contributed by atoms with Gasteiger partial charge >= 0.3 is 0 Å². The lowest BCUT2D eigenvalue weighted by atomic mass is 9.98. The minimum Gasteiger partial charge on any atom is -0.494 e. The van der Waals surface area contributed by atoms with E-state index in [-0.39, 0.29) is 5.91 Å². The van der Waals surface area contributed by atoms with Gasteiger partial charge in [0, 0.05) is 25.7 Å². The Labute approximate surface area is 156 Å². The Balaban J connectivity index is 1.72. The number of sulfonamides is 1. The summed E-state index contributed by atoms with van der Waals surface area (Å²) in [6.07, 6.45) is 7.04. The van der Waals surface area contributed by atoms with Gasteiger partial charge in [0.1, 0.15) is 5.75 Å². The molecule has 0 bridgehead atoms. The summed E-state index contributed by atoms with van der Waals surface area (Å²) in [5, 5.41) is 2.90. The first-order valence-corrected chi connectivity index (χ1v) is 10.9. The van der Waals surface area contributed by atoms with Crippen molar-refractivity contribution in [2.45, 2.75) is 26.2 Å². The predicted octanol–water partition coefficient (Wildman–Crippen LogP) is 2.28. The second kappa shape index (κ2) is 9.73. The van der Waals surface area contributed by atoms with E-state index in [4.69, 9.17) is 4.74 Å². The van der Waals surface area contributed by atoms with Gasteiger partial charge in [-0.2, -0.15) is 0 Å². The molecule has 1 aliphatic rings. The summed E-state index contributed by atoms with van der Waals surface area (Å²) in [5.74, 6) is 1.01. The lowest BCUT2D eigenvalue weighted by Crippen LogP contribution is -2.40. The maximum Gasteiger partial charge on any atom is 0.244 e. The van der Waals surface area contributed by atoms with Gasteiger partial charge in [-0.15, -0.1) is 0 Å². The molecule has 1 aliphatic heterocycles. The van der Waals surface area contributed by atoms with Crippen LogP contribution in [0.5, 0.6) is 5.75 Å². The molecule has 0 aromatic heterocycles. The lowest BCUT2D eigenvalue weighted by molar-refractivity contribution is -0.116. The number of carbonyl (C=O) groups is 1. The largest absolute Gasteiger partial charge is 0.494 e. The van der Waals surface area contributed by atoms with E-state index in [9.17, 15) is 13.2 Å². The minimum atomic E-state index is -3.10. The fourth-order valence-electron chi connectivity index (χ4n) is 2.82. The molecular formula is C19H28N2O4S. The number of hydrogen-bond acceptors (Lipinski definition) is 4. The monoisotopic (exact) mass is 380 g/mol. The van der Waals surface area contributed by atoms with Crippen LogP contribution in [0.3, 0.4) is 0 Å². The number of hydrogen-bond donors (Lipinski definition) is 1. The lowest BCUT2D eigenvalue weighted by Gasteiger charge is -2.30. The summed E-state index contributed by atoms with van der Waals surface area (Å²) in [6.45, 7) is 4.39. The fraction of sp³-hybridized carbons (Fsp3) is 0.526. The molecule has 1 saturated heterocycles. The molecular weight excluding hydrogens is 352 g/mol. The first-order valence-electron chi connectivity index (χ1n) is 9.02. The molecule has 1 aromatic rings. The highest BCUT2D eigenvalue weighted by molar-refractivity contribution is 7.88. The molecule has 2 rings (SSSR count). The Morgan fingerprint density at radius 1 is 1.27 bits per heavy atom. The molecule has 0 spiro atoms. The third-order valence-electron chi connectivity index (χ3n) is 4.39. The highest BCUT2D eigenvalue weighted by Crippen LogP contribution is 2.18. The van der Waals surface area contributed by atoms with Crippen LogP contribution in [-0.2, 0) is 14.8 Å². The molecule has 144 valence electrons. The quantitative estimate of drug-likeness (QED) is 0.702. The second-order valence-electron chi connectivity index (χ2n) is 6.60. The van der Waals surface area contributed by atoms with E-state index in [2.05, 4.69) is 12.2 Å². The van der Waals surface area contributed by atoms with Crippen LogP contribution >= 0.6 is 0 Å². The SMILES string of the molecule is CCCOc1ccc(/C=C/C(=O)NCC2CCN(S(C)(=O)=O)CC2)cc1.